The molecule has 2 aromatic heterocycles. The fourth-order valence-corrected chi connectivity index (χ4v) is 2.14. The van der Waals surface area contributed by atoms with Crippen LogP contribution in [0.4, 0.5) is 5.82 Å². The predicted molar refractivity (Wildman–Crippen MR) is 86.2 cm³/mol. The summed E-state index contributed by atoms with van der Waals surface area (Å²) in [7, 11) is 0. The summed E-state index contributed by atoms with van der Waals surface area (Å²) in [6.07, 6.45) is 3.25. The molecule has 0 spiro atoms. The van der Waals surface area contributed by atoms with Crippen molar-refractivity contribution in [1.29, 1.82) is 5.26 Å². The zero-order valence-electron chi connectivity index (χ0n) is 13.2. The van der Waals surface area contributed by atoms with E-state index in [9.17, 15) is 10.1 Å². The van der Waals surface area contributed by atoms with Crippen molar-refractivity contribution in [2.24, 2.45) is 11.7 Å². The van der Waals surface area contributed by atoms with Gasteiger partial charge in [0, 0.05) is 18.0 Å². The molecule has 0 bridgehead atoms. The average Bonchev–Trinajstić information content (AvgIpc) is 2.51. The van der Waals surface area contributed by atoms with Gasteiger partial charge in [0.05, 0.1) is 11.3 Å². The topological polar surface area (TPSA) is 118 Å². The Kier molecular flexibility index (Phi) is 4.86. The van der Waals surface area contributed by atoms with E-state index in [1.807, 2.05) is 13.8 Å². The fourth-order valence-electron chi connectivity index (χ4n) is 2.14. The third-order valence-electron chi connectivity index (χ3n) is 3.35. The first-order valence-electron chi connectivity index (χ1n) is 7.18. The molecule has 7 nitrogen and oxygen atoms in total. The molecule has 0 radical (unpaired) electrons. The SMILES string of the molecule is Cc1nccc(-c2cnc(NC(C(N)=O)C(C)C)c(C#N)c2)n1. The lowest BCUT2D eigenvalue weighted by Crippen LogP contribution is -2.40. The highest BCUT2D eigenvalue weighted by atomic mass is 16.1. The predicted octanol–water partition coefficient (Wildman–Crippen LogP) is 1.64. The third-order valence-corrected chi connectivity index (χ3v) is 3.35. The number of carbonyl (C=O) groups is 1. The zero-order valence-corrected chi connectivity index (χ0v) is 13.2. The van der Waals surface area contributed by atoms with Crippen LogP contribution in [0, 0.1) is 24.2 Å². The van der Waals surface area contributed by atoms with Crippen molar-refractivity contribution in [2.45, 2.75) is 26.8 Å². The van der Waals surface area contributed by atoms with Gasteiger partial charge in [0.25, 0.3) is 0 Å². The Morgan fingerprint density at radius 2 is 2.13 bits per heavy atom. The summed E-state index contributed by atoms with van der Waals surface area (Å²) in [5, 5.41) is 12.3. The first-order chi connectivity index (χ1) is 10.9. The van der Waals surface area contributed by atoms with Crippen LogP contribution in [-0.4, -0.2) is 26.9 Å². The number of amides is 1. The number of aromatic nitrogens is 3. The number of aryl methyl sites for hydroxylation is 1. The van der Waals surface area contributed by atoms with Crippen LogP contribution in [0.5, 0.6) is 0 Å². The summed E-state index contributed by atoms with van der Waals surface area (Å²) < 4.78 is 0. The molecule has 118 valence electrons. The van der Waals surface area contributed by atoms with Crippen LogP contribution in [-0.2, 0) is 4.79 Å². The fraction of sp³-hybridized carbons (Fsp3) is 0.312. The largest absolute Gasteiger partial charge is 0.368 e. The van der Waals surface area contributed by atoms with Gasteiger partial charge in [-0.15, -0.1) is 0 Å². The number of carbonyl (C=O) groups excluding carboxylic acids is 1. The maximum Gasteiger partial charge on any atom is 0.240 e. The summed E-state index contributed by atoms with van der Waals surface area (Å²) in [4.78, 5) is 24.1. The van der Waals surface area contributed by atoms with E-state index in [0.717, 1.165) is 0 Å². The van der Waals surface area contributed by atoms with Crippen molar-refractivity contribution in [1.82, 2.24) is 15.0 Å². The third kappa shape index (κ3) is 3.80. The van der Waals surface area contributed by atoms with E-state index in [0.29, 0.717) is 28.5 Å². The molecule has 0 saturated carbocycles. The molecule has 23 heavy (non-hydrogen) atoms. The highest BCUT2D eigenvalue weighted by molar-refractivity contribution is 5.83. The number of pyridine rings is 1. The molecule has 1 atom stereocenters. The molecule has 0 aliphatic rings. The van der Waals surface area contributed by atoms with Crippen LogP contribution < -0.4 is 11.1 Å². The van der Waals surface area contributed by atoms with E-state index < -0.39 is 11.9 Å². The molecule has 1 amide bonds. The summed E-state index contributed by atoms with van der Waals surface area (Å²) in [5.74, 6) is 0.461. The van der Waals surface area contributed by atoms with Gasteiger partial charge >= 0.3 is 0 Å². The van der Waals surface area contributed by atoms with Crippen LogP contribution in [0.1, 0.15) is 25.2 Å². The molecular weight excluding hydrogens is 292 g/mol. The van der Waals surface area contributed by atoms with Crippen molar-refractivity contribution < 1.29 is 4.79 Å². The molecule has 0 aromatic carbocycles. The van der Waals surface area contributed by atoms with Crippen LogP contribution in [0.15, 0.2) is 24.5 Å². The van der Waals surface area contributed by atoms with Crippen molar-refractivity contribution in [3.63, 3.8) is 0 Å². The lowest BCUT2D eigenvalue weighted by Gasteiger charge is -2.20. The Bertz CT molecular complexity index is 765. The number of nitrogens with zero attached hydrogens (tertiary/aromatic N) is 4. The maximum absolute atomic E-state index is 11.5. The van der Waals surface area contributed by atoms with Gasteiger partial charge in [0.2, 0.25) is 5.91 Å². The number of primary amides is 1. The highest BCUT2D eigenvalue weighted by Crippen LogP contribution is 2.22. The summed E-state index contributed by atoms with van der Waals surface area (Å²) in [6.45, 7) is 5.52. The zero-order chi connectivity index (χ0) is 17.0. The van der Waals surface area contributed by atoms with E-state index in [2.05, 4.69) is 26.3 Å². The van der Waals surface area contributed by atoms with E-state index in [1.54, 1.807) is 31.5 Å². The lowest BCUT2D eigenvalue weighted by atomic mass is 10.0. The summed E-state index contributed by atoms with van der Waals surface area (Å²) in [5.41, 5.74) is 7.10. The Hall–Kier alpha value is -3.01. The van der Waals surface area contributed by atoms with Gasteiger partial charge in [-0.05, 0) is 25.0 Å². The first-order valence-corrected chi connectivity index (χ1v) is 7.18. The number of anilines is 1. The van der Waals surface area contributed by atoms with Gasteiger partial charge in [0.15, 0.2) is 0 Å². The molecule has 0 aliphatic carbocycles. The molecule has 1 unspecified atom stereocenters. The van der Waals surface area contributed by atoms with Crippen molar-refractivity contribution in [3.05, 3.63) is 35.9 Å². The van der Waals surface area contributed by atoms with Crippen molar-refractivity contribution >= 4 is 11.7 Å². The molecule has 0 saturated heterocycles. The van der Waals surface area contributed by atoms with Gasteiger partial charge in [-0.2, -0.15) is 5.26 Å². The number of nitrogens with one attached hydrogen (secondary N) is 1. The Morgan fingerprint density at radius 1 is 1.39 bits per heavy atom. The minimum Gasteiger partial charge on any atom is -0.368 e. The van der Waals surface area contributed by atoms with E-state index in [-0.39, 0.29) is 5.92 Å². The second-order valence-corrected chi connectivity index (χ2v) is 5.49. The first kappa shape index (κ1) is 16.4. The van der Waals surface area contributed by atoms with Crippen LogP contribution in [0.3, 0.4) is 0 Å². The smallest absolute Gasteiger partial charge is 0.240 e. The molecule has 7 heteroatoms. The number of hydrogen-bond donors (Lipinski definition) is 2. The van der Waals surface area contributed by atoms with Crippen LogP contribution in [0.2, 0.25) is 0 Å². The van der Waals surface area contributed by atoms with Crippen LogP contribution >= 0.6 is 0 Å². The van der Waals surface area contributed by atoms with Gasteiger partial charge in [-0.3, -0.25) is 4.79 Å². The van der Waals surface area contributed by atoms with E-state index in [4.69, 9.17) is 5.73 Å². The number of hydrogen-bond acceptors (Lipinski definition) is 6. The van der Waals surface area contributed by atoms with Gasteiger partial charge in [0.1, 0.15) is 23.8 Å². The van der Waals surface area contributed by atoms with Gasteiger partial charge < -0.3 is 11.1 Å². The minimum atomic E-state index is -0.596. The van der Waals surface area contributed by atoms with Crippen molar-refractivity contribution in [3.8, 4) is 17.3 Å². The average molecular weight is 310 g/mol. The number of rotatable bonds is 5. The Balaban J connectivity index is 2.37. The molecule has 0 aliphatic heterocycles. The maximum atomic E-state index is 11.5. The van der Waals surface area contributed by atoms with Crippen LogP contribution in [0.25, 0.3) is 11.3 Å². The number of nitrogens with two attached hydrogens (primary N) is 1. The van der Waals surface area contributed by atoms with E-state index in [1.165, 1.54) is 0 Å². The summed E-state index contributed by atoms with van der Waals surface area (Å²) in [6, 6.07) is 4.91. The monoisotopic (exact) mass is 310 g/mol. The standard InChI is InChI=1S/C16H18N6O/c1-9(2)14(15(18)23)22-16-11(7-17)6-12(8-20-16)13-4-5-19-10(3)21-13/h4-6,8-9,14H,1-3H3,(H2,18,23)(H,20,22). The van der Waals surface area contributed by atoms with E-state index >= 15 is 0 Å². The molecular formula is C16H18N6O. The lowest BCUT2D eigenvalue weighted by molar-refractivity contribution is -0.119. The quantitative estimate of drug-likeness (QED) is 0.866. The molecule has 2 heterocycles. The van der Waals surface area contributed by atoms with Gasteiger partial charge in [-0.25, -0.2) is 15.0 Å². The normalized spacial score (nSPS) is 11.8. The molecule has 2 rings (SSSR count). The highest BCUT2D eigenvalue weighted by Gasteiger charge is 2.21. The van der Waals surface area contributed by atoms with Gasteiger partial charge in [-0.1, -0.05) is 13.8 Å². The molecule has 0 fully saturated rings. The summed E-state index contributed by atoms with van der Waals surface area (Å²) >= 11 is 0. The van der Waals surface area contributed by atoms with Crippen molar-refractivity contribution in [2.75, 3.05) is 5.32 Å². The molecule has 2 aromatic rings. The minimum absolute atomic E-state index is 0.0231. The Morgan fingerprint density at radius 3 is 2.70 bits per heavy atom. The second kappa shape index (κ2) is 6.83. The number of nitriles is 1. The Labute approximate surface area is 134 Å². The molecule has 3 N–H and O–H groups in total. The second-order valence-electron chi connectivity index (χ2n) is 5.49.